The van der Waals surface area contributed by atoms with Gasteiger partial charge in [0.05, 0.1) is 17.3 Å². The van der Waals surface area contributed by atoms with E-state index in [-0.39, 0.29) is 0 Å². The Bertz CT molecular complexity index is 882. The van der Waals surface area contributed by atoms with Gasteiger partial charge in [-0.05, 0) is 42.3 Å². The van der Waals surface area contributed by atoms with Gasteiger partial charge in [0, 0.05) is 10.8 Å². The Morgan fingerprint density at radius 1 is 1.26 bits per heavy atom. The van der Waals surface area contributed by atoms with Crippen LogP contribution < -0.4 is 0 Å². The first-order valence-electron chi connectivity index (χ1n) is 6.96. The lowest BCUT2D eigenvalue weighted by molar-refractivity contribution is 0.883. The van der Waals surface area contributed by atoms with Crippen molar-refractivity contribution in [2.24, 2.45) is 0 Å². The molecule has 1 aromatic heterocycles. The Labute approximate surface area is 143 Å². The van der Waals surface area contributed by atoms with Crippen molar-refractivity contribution >= 4 is 23.4 Å². The van der Waals surface area contributed by atoms with Gasteiger partial charge in [-0.2, -0.15) is 5.26 Å². The molecule has 0 aliphatic rings. The monoisotopic (exact) mass is 340 g/mol. The fourth-order valence-electron chi connectivity index (χ4n) is 2.11. The average molecular weight is 341 g/mol. The molecular weight excluding hydrogens is 328 g/mol. The van der Waals surface area contributed by atoms with E-state index >= 15 is 0 Å². The third-order valence-corrected chi connectivity index (χ3v) is 4.80. The number of nitriles is 1. The number of nitrogens with zero attached hydrogens (tertiary/aromatic N) is 4. The molecule has 6 heteroatoms. The van der Waals surface area contributed by atoms with Crippen molar-refractivity contribution in [2.75, 3.05) is 0 Å². The van der Waals surface area contributed by atoms with Gasteiger partial charge in [0.15, 0.2) is 5.16 Å². The molecule has 0 aliphatic carbocycles. The molecule has 0 amide bonds. The minimum atomic E-state index is 0.662. The van der Waals surface area contributed by atoms with E-state index in [9.17, 15) is 0 Å². The van der Waals surface area contributed by atoms with Gasteiger partial charge in [-0.3, -0.25) is 4.57 Å². The minimum absolute atomic E-state index is 0.662. The van der Waals surface area contributed by atoms with E-state index in [0.717, 1.165) is 22.0 Å². The number of rotatable bonds is 4. The van der Waals surface area contributed by atoms with Crippen LogP contribution in [-0.2, 0) is 5.75 Å². The molecule has 3 rings (SSSR count). The van der Waals surface area contributed by atoms with E-state index < -0.39 is 0 Å². The van der Waals surface area contributed by atoms with Gasteiger partial charge in [-0.15, -0.1) is 10.2 Å². The summed E-state index contributed by atoms with van der Waals surface area (Å²) in [6.45, 7) is 1.97. The van der Waals surface area contributed by atoms with Crippen molar-refractivity contribution < 1.29 is 0 Å². The summed E-state index contributed by atoms with van der Waals surface area (Å²) in [7, 11) is 0. The van der Waals surface area contributed by atoms with E-state index in [0.29, 0.717) is 16.3 Å². The Balaban J connectivity index is 1.81. The molecular formula is C17H13ClN4S. The molecule has 0 unspecified atom stereocenters. The van der Waals surface area contributed by atoms with Crippen LogP contribution in [0.4, 0.5) is 0 Å². The fraction of sp³-hybridized carbons (Fsp3) is 0.118. The number of hydrogen-bond acceptors (Lipinski definition) is 4. The summed E-state index contributed by atoms with van der Waals surface area (Å²) in [4.78, 5) is 0. The zero-order valence-corrected chi connectivity index (χ0v) is 14.0. The van der Waals surface area contributed by atoms with Crippen molar-refractivity contribution in [3.63, 3.8) is 0 Å². The zero-order chi connectivity index (χ0) is 16.2. The van der Waals surface area contributed by atoms with Gasteiger partial charge in [0.1, 0.15) is 6.33 Å². The number of thioether (sulfide) groups is 1. The summed E-state index contributed by atoms with van der Waals surface area (Å²) in [6, 6.07) is 15.6. The number of hydrogen-bond donors (Lipinski definition) is 0. The molecule has 4 nitrogen and oxygen atoms in total. The Hall–Kier alpha value is -2.29. The minimum Gasteiger partial charge on any atom is -0.277 e. The van der Waals surface area contributed by atoms with E-state index in [1.54, 1.807) is 24.2 Å². The molecule has 23 heavy (non-hydrogen) atoms. The quantitative estimate of drug-likeness (QED) is 0.661. The predicted octanol–water partition coefficient (Wildman–Crippen LogP) is 4.39. The summed E-state index contributed by atoms with van der Waals surface area (Å²) >= 11 is 7.77. The van der Waals surface area contributed by atoms with E-state index in [1.165, 1.54) is 0 Å². The molecule has 0 fully saturated rings. The normalized spacial score (nSPS) is 10.5. The van der Waals surface area contributed by atoms with Crippen LogP contribution in [0.15, 0.2) is 53.9 Å². The van der Waals surface area contributed by atoms with E-state index in [1.807, 2.05) is 47.9 Å². The molecule has 0 radical (unpaired) electrons. The van der Waals surface area contributed by atoms with Crippen molar-refractivity contribution in [3.8, 4) is 11.8 Å². The molecule has 0 saturated carbocycles. The topological polar surface area (TPSA) is 54.5 Å². The average Bonchev–Trinajstić information content (AvgIpc) is 3.04. The van der Waals surface area contributed by atoms with Crippen LogP contribution in [0.3, 0.4) is 0 Å². The molecule has 0 spiro atoms. The lowest BCUT2D eigenvalue weighted by Crippen LogP contribution is -1.96. The first-order chi connectivity index (χ1) is 11.2. The lowest BCUT2D eigenvalue weighted by Gasteiger charge is -2.08. The third-order valence-electron chi connectivity index (χ3n) is 3.37. The second kappa shape index (κ2) is 6.86. The van der Waals surface area contributed by atoms with Crippen molar-refractivity contribution in [1.82, 2.24) is 14.8 Å². The molecule has 0 aliphatic heterocycles. The first kappa shape index (κ1) is 15.6. The summed E-state index contributed by atoms with van der Waals surface area (Å²) in [5.74, 6) is 0.716. The molecule has 0 bridgehead atoms. The van der Waals surface area contributed by atoms with Crippen LogP contribution in [0.5, 0.6) is 0 Å². The van der Waals surface area contributed by atoms with Gasteiger partial charge in [-0.1, -0.05) is 41.6 Å². The van der Waals surface area contributed by atoms with Crippen LogP contribution in [-0.4, -0.2) is 14.8 Å². The first-order valence-corrected chi connectivity index (χ1v) is 8.32. The summed E-state index contributed by atoms with van der Waals surface area (Å²) in [5, 5.41) is 18.6. The summed E-state index contributed by atoms with van der Waals surface area (Å²) in [5.41, 5.74) is 3.70. The summed E-state index contributed by atoms with van der Waals surface area (Å²) in [6.07, 6.45) is 1.68. The standard InChI is InChI=1S/C17H13ClN4S/c1-12-5-6-15(8-16(12)18)22-11-20-21-17(22)23-10-14-4-2-3-13(7-14)9-19/h2-8,11H,10H2,1H3. The van der Waals surface area contributed by atoms with Crippen LogP contribution in [0.2, 0.25) is 5.02 Å². The molecule has 0 saturated heterocycles. The van der Waals surface area contributed by atoms with Gasteiger partial charge >= 0.3 is 0 Å². The molecule has 0 N–H and O–H groups in total. The molecule has 3 aromatic rings. The van der Waals surface area contributed by atoms with Gasteiger partial charge < -0.3 is 0 Å². The van der Waals surface area contributed by atoms with Gasteiger partial charge in [-0.25, -0.2) is 0 Å². The van der Waals surface area contributed by atoms with Crippen LogP contribution in [0.1, 0.15) is 16.7 Å². The maximum absolute atomic E-state index is 8.96. The largest absolute Gasteiger partial charge is 0.277 e. The SMILES string of the molecule is Cc1ccc(-n2cnnc2SCc2cccc(C#N)c2)cc1Cl. The third kappa shape index (κ3) is 3.55. The highest BCUT2D eigenvalue weighted by Crippen LogP contribution is 2.26. The number of benzene rings is 2. The summed E-state index contributed by atoms with van der Waals surface area (Å²) < 4.78 is 1.91. The van der Waals surface area contributed by atoms with Crippen molar-refractivity contribution in [2.45, 2.75) is 17.8 Å². The second-order valence-electron chi connectivity index (χ2n) is 5.02. The maximum atomic E-state index is 8.96. The highest BCUT2D eigenvalue weighted by molar-refractivity contribution is 7.98. The van der Waals surface area contributed by atoms with Crippen LogP contribution in [0.25, 0.3) is 5.69 Å². The van der Waals surface area contributed by atoms with E-state index in [2.05, 4.69) is 16.3 Å². The van der Waals surface area contributed by atoms with Crippen LogP contribution in [0, 0.1) is 18.3 Å². The van der Waals surface area contributed by atoms with E-state index in [4.69, 9.17) is 16.9 Å². The van der Waals surface area contributed by atoms with Crippen LogP contribution >= 0.6 is 23.4 Å². The zero-order valence-electron chi connectivity index (χ0n) is 12.4. The number of aryl methyl sites for hydroxylation is 1. The van der Waals surface area contributed by atoms with Crippen molar-refractivity contribution in [3.05, 3.63) is 70.5 Å². The highest BCUT2D eigenvalue weighted by atomic mass is 35.5. The molecule has 1 heterocycles. The second-order valence-corrected chi connectivity index (χ2v) is 6.37. The maximum Gasteiger partial charge on any atom is 0.195 e. The predicted molar refractivity (Wildman–Crippen MR) is 91.8 cm³/mol. The Kier molecular flexibility index (Phi) is 4.65. The number of halogens is 1. The van der Waals surface area contributed by atoms with Gasteiger partial charge in [0.2, 0.25) is 0 Å². The smallest absolute Gasteiger partial charge is 0.195 e. The molecule has 2 aromatic carbocycles. The molecule has 114 valence electrons. The molecule has 0 atom stereocenters. The lowest BCUT2D eigenvalue weighted by atomic mass is 10.2. The fourth-order valence-corrected chi connectivity index (χ4v) is 3.16. The van der Waals surface area contributed by atoms with Crippen molar-refractivity contribution in [1.29, 1.82) is 5.26 Å². The number of aromatic nitrogens is 3. The van der Waals surface area contributed by atoms with Gasteiger partial charge in [0.25, 0.3) is 0 Å². The Morgan fingerprint density at radius 2 is 2.13 bits per heavy atom. The Morgan fingerprint density at radius 3 is 2.91 bits per heavy atom. The highest BCUT2D eigenvalue weighted by Gasteiger charge is 2.09.